The second kappa shape index (κ2) is 28.3. The van der Waals surface area contributed by atoms with Crippen molar-refractivity contribution in [3.8, 4) is 66.8 Å². The van der Waals surface area contributed by atoms with Gasteiger partial charge in [0.15, 0.2) is 0 Å². The van der Waals surface area contributed by atoms with E-state index < -0.39 is 0 Å². The Kier molecular flexibility index (Phi) is 19.8. The Labute approximate surface area is 627 Å². The molecule has 18 rings (SSSR count). The first-order chi connectivity index (χ1) is 49.7. The molecule has 0 aliphatic heterocycles. The molecule has 0 N–H and O–H groups in total. The van der Waals surface area contributed by atoms with Crippen LogP contribution in [0.3, 0.4) is 0 Å². The number of fused-ring (bicyclic) bond motifs is 18. The summed E-state index contributed by atoms with van der Waals surface area (Å²) < 4.78 is 0. The van der Waals surface area contributed by atoms with E-state index in [1.165, 1.54) is 262 Å². The molecule has 0 saturated carbocycles. The van der Waals surface area contributed by atoms with E-state index in [0.717, 1.165) is 61.3 Å². The third-order valence-electron chi connectivity index (χ3n) is 25.2. The molecule has 6 aromatic heterocycles. The summed E-state index contributed by atoms with van der Waals surface area (Å²) in [6.07, 6.45) is 8.00. The van der Waals surface area contributed by atoms with E-state index in [0.29, 0.717) is 0 Å². The Bertz CT molecular complexity index is 5670. The number of nitrogens with zero attached hydrogens (tertiary/aromatic N) is 6. The van der Waals surface area contributed by atoms with Gasteiger partial charge in [0.2, 0.25) is 0 Å². The zero-order chi connectivity index (χ0) is 75.5. The standard InChI is InChI=1S/3C17H19N.3C16H17N/c1-9-6-11(3)17-14(12(9)4)8-16-15(17)7-10(2)13(5)18-16;1-9-6-10(2)16-14(13(9)5)8-15-17(16)11(3)7-12(4)18-15;1-9-6-7-14-15(10(9)2)8-16-17(14)12(4)11(3)13(5)18-16;1-9-5-6-13-14(11(9)3)7-15-16(13)12(4)10(2)8-17-15;1-9-5-6-13-14(11(9)3)8-16-15(13)7-10(2)12(4)17-16;1-9-5-6-13-14(12(9)4)8-15-16(13)10(2)7-11(3)17-15/h3*6-7H,8H2,1-5H3;5-6,8H,7H2,1-4H3;2*5-7H,8H2,1-4H3. The van der Waals surface area contributed by atoms with Crippen LogP contribution in [0, 0.1) is 187 Å². The molecule has 6 aromatic carbocycles. The van der Waals surface area contributed by atoms with E-state index in [1.807, 2.05) is 6.20 Å². The third-order valence-corrected chi connectivity index (χ3v) is 25.2. The van der Waals surface area contributed by atoms with Gasteiger partial charge in [0.1, 0.15) is 0 Å². The quantitative estimate of drug-likeness (QED) is 0.151. The number of aromatic nitrogens is 6. The average Bonchev–Trinajstić information content (AvgIpc) is 1.63. The summed E-state index contributed by atoms with van der Waals surface area (Å²) in [7, 11) is 0. The van der Waals surface area contributed by atoms with Crippen molar-refractivity contribution in [1.82, 2.24) is 29.9 Å². The molecule has 6 heterocycles. The number of pyridine rings is 6. The largest absolute Gasteiger partial charge is 0.260 e. The van der Waals surface area contributed by atoms with Gasteiger partial charge in [-0.2, -0.15) is 0 Å². The first-order valence-corrected chi connectivity index (χ1v) is 38.1. The van der Waals surface area contributed by atoms with Crippen molar-refractivity contribution in [2.24, 2.45) is 0 Å². The molecule has 105 heavy (non-hydrogen) atoms. The van der Waals surface area contributed by atoms with Crippen molar-refractivity contribution in [1.29, 1.82) is 0 Å². The highest BCUT2D eigenvalue weighted by Gasteiger charge is 2.31. The van der Waals surface area contributed by atoms with Gasteiger partial charge in [0, 0.05) is 107 Å². The van der Waals surface area contributed by atoms with E-state index in [1.54, 1.807) is 0 Å². The monoisotopic (exact) mass is 1380 g/mol. The summed E-state index contributed by atoms with van der Waals surface area (Å²) in [5.74, 6) is 0. The molecule has 0 radical (unpaired) electrons. The SMILES string of the molecule is Cc1cc(C)c2c(n1)Cc1c(C)c(C)cc(C)c1-2.Cc1cc(C)c2c(n1)Cc1c-2ccc(C)c1C.Cc1cc2c(nc1C)Cc1c(C)c(C)cc(C)c1-2.Cc1cc2c(nc1C)Cc1c-2ccc(C)c1C.Cc1ccc2c(c1C)Cc1nc(C)c(C)c(C)c1-2.Cc1ccc2c(c1C)Cc1ncc(C)c(C)c1-2. The van der Waals surface area contributed by atoms with Crippen LogP contribution in [0.15, 0.2) is 91.1 Å². The van der Waals surface area contributed by atoms with Crippen molar-refractivity contribution in [3.05, 3.63) is 310 Å². The first-order valence-electron chi connectivity index (χ1n) is 38.1. The number of benzene rings is 6. The minimum absolute atomic E-state index is 0.999. The number of rotatable bonds is 0. The van der Waals surface area contributed by atoms with Crippen molar-refractivity contribution in [2.45, 2.75) is 225 Å². The lowest BCUT2D eigenvalue weighted by atomic mass is 9.92. The smallest absolute Gasteiger partial charge is 0.0532 e. The molecular weight excluding hydrogens is 1270 g/mol. The maximum absolute atomic E-state index is 4.80. The Morgan fingerprint density at radius 2 is 0.533 bits per heavy atom. The van der Waals surface area contributed by atoms with Crippen LogP contribution in [0.1, 0.15) is 218 Å². The van der Waals surface area contributed by atoms with Gasteiger partial charge in [-0.15, -0.1) is 0 Å². The van der Waals surface area contributed by atoms with Crippen LogP contribution in [-0.2, 0) is 38.5 Å². The molecule has 12 aromatic rings. The molecule has 0 atom stereocenters. The highest BCUT2D eigenvalue weighted by molar-refractivity contribution is 5.86. The van der Waals surface area contributed by atoms with Gasteiger partial charge in [-0.25, -0.2) is 0 Å². The number of aryl methyl sites for hydroxylation is 18. The molecule has 0 unspecified atom stereocenters. The Morgan fingerprint density at radius 3 is 1.05 bits per heavy atom. The van der Waals surface area contributed by atoms with Gasteiger partial charge in [-0.3, -0.25) is 29.9 Å². The molecule has 6 heteroatoms. The van der Waals surface area contributed by atoms with Crippen molar-refractivity contribution >= 4 is 0 Å². The molecule has 0 fully saturated rings. The molecule has 534 valence electrons. The zero-order valence-electron chi connectivity index (χ0n) is 68.1. The topological polar surface area (TPSA) is 77.3 Å². The fourth-order valence-electron chi connectivity index (χ4n) is 17.6. The van der Waals surface area contributed by atoms with Crippen molar-refractivity contribution < 1.29 is 0 Å². The van der Waals surface area contributed by atoms with Gasteiger partial charge in [0.25, 0.3) is 0 Å². The highest BCUT2D eigenvalue weighted by Crippen LogP contribution is 2.47. The maximum atomic E-state index is 4.80. The van der Waals surface area contributed by atoms with Crippen LogP contribution < -0.4 is 0 Å². The lowest BCUT2D eigenvalue weighted by molar-refractivity contribution is 1.03. The zero-order valence-corrected chi connectivity index (χ0v) is 68.1. The predicted octanol–water partition coefficient (Wildman–Crippen LogP) is 24.2. The average molecular weight is 1380 g/mol. The number of hydrogen-bond donors (Lipinski definition) is 0. The summed E-state index contributed by atoms with van der Waals surface area (Å²) >= 11 is 0. The van der Waals surface area contributed by atoms with E-state index in [9.17, 15) is 0 Å². The van der Waals surface area contributed by atoms with Crippen LogP contribution in [0.25, 0.3) is 66.8 Å². The second-order valence-corrected chi connectivity index (χ2v) is 31.9. The molecule has 6 aliphatic carbocycles. The molecule has 0 spiro atoms. The summed E-state index contributed by atoms with van der Waals surface area (Å²) in [5, 5.41) is 0. The van der Waals surface area contributed by atoms with Gasteiger partial charge >= 0.3 is 0 Å². The van der Waals surface area contributed by atoms with Gasteiger partial charge in [0.05, 0.1) is 34.2 Å². The lowest BCUT2D eigenvalue weighted by Gasteiger charge is -2.12. The summed E-state index contributed by atoms with van der Waals surface area (Å²) in [5.41, 5.74) is 69.2. The Hall–Kier alpha value is -9.78. The molecule has 0 saturated heterocycles. The second-order valence-electron chi connectivity index (χ2n) is 31.9. The first kappa shape index (κ1) is 73.5. The Balaban J connectivity index is 0.000000112. The van der Waals surface area contributed by atoms with E-state index in [4.69, 9.17) is 24.9 Å². The molecular formula is C99H108N6. The van der Waals surface area contributed by atoms with Gasteiger partial charge in [-0.05, 0) is 400 Å². The van der Waals surface area contributed by atoms with Crippen LogP contribution in [0.2, 0.25) is 0 Å². The molecule has 0 bridgehead atoms. The van der Waals surface area contributed by atoms with E-state index in [2.05, 4.69) is 277 Å². The fourth-order valence-corrected chi connectivity index (χ4v) is 17.6. The molecule has 0 amide bonds. The van der Waals surface area contributed by atoms with Crippen molar-refractivity contribution in [2.75, 3.05) is 0 Å². The third kappa shape index (κ3) is 13.1. The predicted molar refractivity (Wildman–Crippen MR) is 443 cm³/mol. The minimum Gasteiger partial charge on any atom is -0.260 e. The van der Waals surface area contributed by atoms with Crippen LogP contribution >= 0.6 is 0 Å². The van der Waals surface area contributed by atoms with Gasteiger partial charge in [-0.1, -0.05) is 60.7 Å². The highest BCUT2D eigenvalue weighted by atomic mass is 14.8. The summed E-state index contributed by atoms with van der Waals surface area (Å²) in [4.78, 5) is 28.4. The summed E-state index contributed by atoms with van der Waals surface area (Å²) in [6, 6.07) is 31.5. The van der Waals surface area contributed by atoms with Crippen molar-refractivity contribution in [3.63, 3.8) is 0 Å². The minimum atomic E-state index is 0.999. The fraction of sp³-hybridized carbons (Fsp3) is 0.333. The summed E-state index contributed by atoms with van der Waals surface area (Å²) in [6.45, 7) is 58.9. The normalized spacial score (nSPS) is 12.5. The van der Waals surface area contributed by atoms with Crippen LogP contribution in [0.4, 0.5) is 0 Å². The van der Waals surface area contributed by atoms with E-state index >= 15 is 0 Å². The maximum Gasteiger partial charge on any atom is 0.0532 e. The van der Waals surface area contributed by atoms with Crippen LogP contribution in [0.5, 0.6) is 0 Å². The van der Waals surface area contributed by atoms with Gasteiger partial charge < -0.3 is 0 Å². The molecule has 6 nitrogen and oxygen atoms in total. The number of hydrogen-bond acceptors (Lipinski definition) is 6. The Morgan fingerprint density at radius 1 is 0.190 bits per heavy atom. The van der Waals surface area contributed by atoms with E-state index in [-0.39, 0.29) is 0 Å². The lowest BCUT2D eigenvalue weighted by Crippen LogP contribution is -1.97. The molecule has 6 aliphatic rings. The van der Waals surface area contributed by atoms with Crippen LogP contribution in [-0.4, -0.2) is 29.9 Å².